The molecule has 4 nitrogen and oxygen atoms in total. The van der Waals surface area contributed by atoms with Crippen molar-refractivity contribution in [1.29, 1.82) is 0 Å². The first kappa shape index (κ1) is 14.2. The van der Waals surface area contributed by atoms with Crippen LogP contribution in [-0.4, -0.2) is 34.1 Å². The van der Waals surface area contributed by atoms with Crippen LogP contribution >= 0.6 is 0 Å². The van der Waals surface area contributed by atoms with Crippen LogP contribution in [0.15, 0.2) is 24.5 Å². The van der Waals surface area contributed by atoms with Crippen molar-refractivity contribution in [1.82, 2.24) is 0 Å². The van der Waals surface area contributed by atoms with E-state index in [0.29, 0.717) is 19.4 Å². The van der Waals surface area contributed by atoms with Crippen molar-refractivity contribution in [3.05, 3.63) is 24.5 Å². The van der Waals surface area contributed by atoms with Crippen LogP contribution in [0.2, 0.25) is 0 Å². The van der Waals surface area contributed by atoms with Crippen molar-refractivity contribution in [2.45, 2.75) is 37.9 Å². The maximum Gasteiger partial charge on any atom is 0.108 e. The number of unbranched alkanes of at least 4 members (excludes halogenated alkanes) is 1. The normalized spacial score (nSPS) is 15.4. The molecular weight excluding hydrogens is 194 g/mol. The van der Waals surface area contributed by atoms with Gasteiger partial charge in [-0.1, -0.05) is 12.7 Å². The molecule has 4 heteroatoms. The summed E-state index contributed by atoms with van der Waals surface area (Å²) in [6.45, 7) is 3.75. The van der Waals surface area contributed by atoms with Crippen LogP contribution in [0, 0.1) is 0 Å². The molecule has 0 spiro atoms. The molecule has 0 radical (unpaired) electrons. The number of aliphatic hydroxyl groups is 3. The molecule has 0 aromatic heterocycles. The van der Waals surface area contributed by atoms with E-state index < -0.39 is 12.2 Å². The third-order valence-corrected chi connectivity index (χ3v) is 2.10. The van der Waals surface area contributed by atoms with Crippen LogP contribution in [-0.2, 0) is 0 Å². The molecule has 0 saturated heterocycles. The van der Waals surface area contributed by atoms with Crippen LogP contribution in [0.4, 0.5) is 0 Å². The predicted octanol–water partition coefficient (Wildman–Crippen LogP) is 0.138. The molecule has 0 heterocycles. The summed E-state index contributed by atoms with van der Waals surface area (Å²) >= 11 is 0. The monoisotopic (exact) mass is 216 g/mol. The molecule has 2 atom stereocenters. The molecule has 0 aromatic rings. The van der Waals surface area contributed by atoms with Crippen LogP contribution < -0.4 is 5.73 Å². The zero-order valence-electron chi connectivity index (χ0n) is 9.10. The zero-order chi connectivity index (χ0) is 11.7. The molecule has 0 aliphatic rings. The molecular formula is C11H22NO3+. The summed E-state index contributed by atoms with van der Waals surface area (Å²) in [6, 6.07) is 0. The largest absolute Gasteiger partial charge is 0.509 e. The number of rotatable bonds is 8. The lowest BCUT2D eigenvalue weighted by Gasteiger charge is -2.12. The SMILES string of the molecule is C=C(O)/C=C/CCCC(O)CC(O)C[NH3+]. The second kappa shape index (κ2) is 8.47. The fourth-order valence-electron chi connectivity index (χ4n) is 1.24. The van der Waals surface area contributed by atoms with Gasteiger partial charge in [-0.25, -0.2) is 0 Å². The second-order valence-corrected chi connectivity index (χ2v) is 3.66. The van der Waals surface area contributed by atoms with Crippen LogP contribution in [0.5, 0.6) is 0 Å². The quantitative estimate of drug-likeness (QED) is 0.264. The van der Waals surface area contributed by atoms with E-state index in [2.05, 4.69) is 12.3 Å². The van der Waals surface area contributed by atoms with Gasteiger partial charge in [0.1, 0.15) is 18.4 Å². The first-order chi connectivity index (χ1) is 7.06. The highest BCUT2D eigenvalue weighted by molar-refractivity contribution is 5.04. The maximum absolute atomic E-state index is 9.48. The average Bonchev–Trinajstić information content (AvgIpc) is 2.16. The minimum Gasteiger partial charge on any atom is -0.509 e. The lowest BCUT2D eigenvalue weighted by Crippen LogP contribution is -2.56. The van der Waals surface area contributed by atoms with Crippen molar-refractivity contribution in [2.75, 3.05) is 6.54 Å². The summed E-state index contributed by atoms with van der Waals surface area (Å²) in [4.78, 5) is 0. The average molecular weight is 216 g/mol. The number of hydrogen-bond acceptors (Lipinski definition) is 3. The lowest BCUT2D eigenvalue weighted by atomic mass is 10.1. The minimum absolute atomic E-state index is 0.0445. The molecule has 2 unspecified atom stereocenters. The van der Waals surface area contributed by atoms with E-state index in [1.54, 1.807) is 0 Å². The molecule has 0 rings (SSSR count). The summed E-state index contributed by atoms with van der Waals surface area (Å²) in [5, 5.41) is 27.4. The van der Waals surface area contributed by atoms with Crippen molar-refractivity contribution in [3.8, 4) is 0 Å². The van der Waals surface area contributed by atoms with Gasteiger partial charge >= 0.3 is 0 Å². The van der Waals surface area contributed by atoms with Crippen molar-refractivity contribution >= 4 is 0 Å². The number of hydrogen-bond donors (Lipinski definition) is 4. The summed E-state index contributed by atoms with van der Waals surface area (Å²) < 4.78 is 0. The van der Waals surface area contributed by atoms with Gasteiger partial charge in [0.05, 0.1) is 6.10 Å². The van der Waals surface area contributed by atoms with Crippen LogP contribution in [0.25, 0.3) is 0 Å². The van der Waals surface area contributed by atoms with E-state index in [1.165, 1.54) is 6.08 Å². The first-order valence-electron chi connectivity index (χ1n) is 5.26. The van der Waals surface area contributed by atoms with Crippen molar-refractivity contribution in [2.24, 2.45) is 0 Å². The number of aliphatic hydroxyl groups excluding tert-OH is 3. The fraction of sp³-hybridized carbons (Fsp3) is 0.636. The Balaban J connectivity index is 3.46. The molecule has 15 heavy (non-hydrogen) atoms. The molecule has 88 valence electrons. The van der Waals surface area contributed by atoms with E-state index in [-0.39, 0.29) is 5.76 Å². The molecule has 0 aliphatic heterocycles. The van der Waals surface area contributed by atoms with Crippen molar-refractivity contribution < 1.29 is 21.1 Å². The van der Waals surface area contributed by atoms with Gasteiger partial charge in [0, 0.05) is 6.42 Å². The van der Waals surface area contributed by atoms with Crippen LogP contribution in [0.3, 0.4) is 0 Å². The molecule has 0 aliphatic carbocycles. The first-order valence-corrected chi connectivity index (χ1v) is 5.26. The van der Waals surface area contributed by atoms with E-state index in [4.69, 9.17) is 5.11 Å². The topological polar surface area (TPSA) is 88.3 Å². The second-order valence-electron chi connectivity index (χ2n) is 3.66. The molecule has 0 aromatic carbocycles. The third kappa shape index (κ3) is 9.46. The molecule has 6 N–H and O–H groups in total. The van der Waals surface area contributed by atoms with Gasteiger partial charge in [-0.05, 0) is 25.3 Å². The summed E-state index contributed by atoms with van der Waals surface area (Å²) in [5.41, 5.74) is 3.56. The van der Waals surface area contributed by atoms with Gasteiger partial charge in [0.25, 0.3) is 0 Å². The van der Waals surface area contributed by atoms with Gasteiger partial charge in [-0.3, -0.25) is 0 Å². The Labute approximate surface area is 90.7 Å². The van der Waals surface area contributed by atoms with E-state index >= 15 is 0 Å². The van der Waals surface area contributed by atoms with Crippen molar-refractivity contribution in [3.63, 3.8) is 0 Å². The van der Waals surface area contributed by atoms with E-state index in [9.17, 15) is 10.2 Å². The summed E-state index contributed by atoms with van der Waals surface area (Å²) in [6.07, 6.45) is 5.04. The Hall–Kier alpha value is -0.840. The molecule has 0 bridgehead atoms. The van der Waals surface area contributed by atoms with Gasteiger partial charge in [0.15, 0.2) is 0 Å². The van der Waals surface area contributed by atoms with Gasteiger partial charge in [0.2, 0.25) is 0 Å². The van der Waals surface area contributed by atoms with Crippen LogP contribution in [0.1, 0.15) is 25.7 Å². The van der Waals surface area contributed by atoms with Gasteiger partial charge in [-0.2, -0.15) is 0 Å². The summed E-state index contributed by atoms with van der Waals surface area (Å²) in [5.74, 6) is 0.0445. The maximum atomic E-state index is 9.48. The Morgan fingerprint density at radius 2 is 2.00 bits per heavy atom. The fourth-order valence-corrected chi connectivity index (χ4v) is 1.24. The van der Waals surface area contributed by atoms with E-state index in [0.717, 1.165) is 12.8 Å². The van der Waals surface area contributed by atoms with E-state index in [1.807, 2.05) is 6.08 Å². The standard InChI is InChI=1S/C11H21NO3/c1-9(13)5-3-2-4-6-10(14)7-11(15)8-12/h3,5,10-11,13-15H,1-2,4,6-8,12H2/p+1/b5-3+. The Bertz CT molecular complexity index is 204. The Morgan fingerprint density at radius 1 is 1.33 bits per heavy atom. The molecule has 0 saturated carbocycles. The highest BCUT2D eigenvalue weighted by Gasteiger charge is 2.10. The van der Waals surface area contributed by atoms with Gasteiger partial charge in [-0.15, -0.1) is 0 Å². The molecule has 0 fully saturated rings. The smallest absolute Gasteiger partial charge is 0.108 e. The highest BCUT2D eigenvalue weighted by atomic mass is 16.3. The Morgan fingerprint density at radius 3 is 2.53 bits per heavy atom. The lowest BCUT2D eigenvalue weighted by molar-refractivity contribution is -0.384. The predicted molar refractivity (Wildman–Crippen MR) is 59.1 cm³/mol. The number of quaternary nitrogens is 1. The zero-order valence-corrected chi connectivity index (χ0v) is 9.10. The minimum atomic E-state index is -0.507. The highest BCUT2D eigenvalue weighted by Crippen LogP contribution is 2.07. The summed E-state index contributed by atoms with van der Waals surface area (Å²) in [7, 11) is 0. The number of allylic oxidation sites excluding steroid dienone is 2. The molecule has 0 amide bonds. The van der Waals surface area contributed by atoms with Gasteiger partial charge < -0.3 is 21.1 Å². The third-order valence-electron chi connectivity index (χ3n) is 2.10. The Kier molecular flexibility index (Phi) is 7.99.